The molecular formula is C10H22N4. The van der Waals surface area contributed by atoms with Crippen molar-refractivity contribution in [3.05, 3.63) is 0 Å². The van der Waals surface area contributed by atoms with Gasteiger partial charge in [0.1, 0.15) is 0 Å². The summed E-state index contributed by atoms with van der Waals surface area (Å²) in [5.74, 6) is 0.532. The smallest absolute Gasteiger partial charge is 0.188 e. The average Bonchev–Trinajstić information content (AvgIpc) is 2.70. The summed E-state index contributed by atoms with van der Waals surface area (Å²) in [7, 11) is 3.89. The molecule has 0 heterocycles. The van der Waals surface area contributed by atoms with Crippen LogP contribution in [0.15, 0.2) is 4.99 Å². The number of nitrogens with two attached hydrogens (primary N) is 1. The lowest BCUT2D eigenvalue weighted by Gasteiger charge is -2.23. The predicted molar refractivity (Wildman–Crippen MR) is 60.4 cm³/mol. The van der Waals surface area contributed by atoms with Crippen LogP contribution in [0, 0.1) is 0 Å². The van der Waals surface area contributed by atoms with Crippen molar-refractivity contribution in [1.82, 2.24) is 10.2 Å². The van der Waals surface area contributed by atoms with Crippen LogP contribution < -0.4 is 11.1 Å². The lowest BCUT2D eigenvalue weighted by atomic mass is 10.2. The highest BCUT2D eigenvalue weighted by Crippen LogP contribution is 2.21. The van der Waals surface area contributed by atoms with Gasteiger partial charge in [0.2, 0.25) is 0 Å². The van der Waals surface area contributed by atoms with Crippen molar-refractivity contribution in [3.8, 4) is 0 Å². The van der Waals surface area contributed by atoms with Gasteiger partial charge in [0, 0.05) is 26.2 Å². The normalized spacial score (nSPS) is 19.2. The Hall–Kier alpha value is -0.770. The number of aliphatic imine (C=N–C) groups is 1. The van der Waals surface area contributed by atoms with E-state index in [9.17, 15) is 0 Å². The minimum absolute atomic E-state index is 0.532. The SMILES string of the molecule is CN=C(N)NCCN(C)C1CCCC1. The van der Waals surface area contributed by atoms with Crippen LogP contribution in [0.5, 0.6) is 0 Å². The van der Waals surface area contributed by atoms with Gasteiger partial charge in [0.15, 0.2) is 5.96 Å². The highest BCUT2D eigenvalue weighted by molar-refractivity contribution is 5.77. The van der Waals surface area contributed by atoms with Gasteiger partial charge in [-0.3, -0.25) is 4.99 Å². The molecule has 0 aromatic carbocycles. The molecule has 0 aliphatic heterocycles. The van der Waals surface area contributed by atoms with E-state index in [1.165, 1.54) is 25.7 Å². The summed E-state index contributed by atoms with van der Waals surface area (Å²) in [4.78, 5) is 6.27. The Bertz CT molecular complexity index is 185. The number of hydrogen-bond donors (Lipinski definition) is 2. The number of hydrogen-bond acceptors (Lipinski definition) is 2. The molecule has 1 saturated carbocycles. The minimum Gasteiger partial charge on any atom is -0.370 e. The molecule has 1 fully saturated rings. The van der Waals surface area contributed by atoms with Crippen LogP contribution >= 0.6 is 0 Å². The van der Waals surface area contributed by atoms with Gasteiger partial charge in [0.05, 0.1) is 0 Å². The second-order valence-corrected chi connectivity index (χ2v) is 3.95. The van der Waals surface area contributed by atoms with Crippen molar-refractivity contribution in [2.24, 2.45) is 10.7 Å². The van der Waals surface area contributed by atoms with E-state index >= 15 is 0 Å². The first-order valence-electron chi connectivity index (χ1n) is 5.40. The van der Waals surface area contributed by atoms with Crippen LogP contribution in [-0.2, 0) is 0 Å². The zero-order valence-corrected chi connectivity index (χ0v) is 9.29. The maximum Gasteiger partial charge on any atom is 0.188 e. The number of nitrogens with one attached hydrogen (secondary N) is 1. The first-order valence-corrected chi connectivity index (χ1v) is 5.40. The molecule has 82 valence electrons. The molecule has 0 spiro atoms. The highest BCUT2D eigenvalue weighted by Gasteiger charge is 2.18. The third kappa shape index (κ3) is 3.54. The Morgan fingerprint density at radius 3 is 2.71 bits per heavy atom. The highest BCUT2D eigenvalue weighted by atomic mass is 15.2. The van der Waals surface area contributed by atoms with E-state index in [0.717, 1.165) is 19.1 Å². The van der Waals surface area contributed by atoms with Gasteiger partial charge in [-0.25, -0.2) is 0 Å². The van der Waals surface area contributed by atoms with Crippen LogP contribution in [-0.4, -0.2) is 44.1 Å². The van der Waals surface area contributed by atoms with Gasteiger partial charge in [-0.2, -0.15) is 0 Å². The number of nitrogens with zero attached hydrogens (tertiary/aromatic N) is 2. The fraction of sp³-hybridized carbons (Fsp3) is 0.900. The topological polar surface area (TPSA) is 53.6 Å². The first kappa shape index (κ1) is 11.3. The second kappa shape index (κ2) is 5.86. The number of guanidine groups is 1. The van der Waals surface area contributed by atoms with Gasteiger partial charge < -0.3 is 16.0 Å². The molecule has 1 rings (SSSR count). The van der Waals surface area contributed by atoms with E-state index in [2.05, 4.69) is 22.3 Å². The van der Waals surface area contributed by atoms with E-state index in [0.29, 0.717) is 5.96 Å². The van der Waals surface area contributed by atoms with E-state index in [1.54, 1.807) is 7.05 Å². The summed E-state index contributed by atoms with van der Waals surface area (Å²) in [5.41, 5.74) is 5.53. The fourth-order valence-corrected chi connectivity index (χ4v) is 1.97. The minimum atomic E-state index is 0.532. The third-order valence-corrected chi connectivity index (χ3v) is 2.96. The Kier molecular flexibility index (Phi) is 4.73. The molecule has 4 heteroatoms. The van der Waals surface area contributed by atoms with Gasteiger partial charge in [-0.1, -0.05) is 12.8 Å². The summed E-state index contributed by atoms with van der Waals surface area (Å²) in [5, 5.41) is 3.07. The molecule has 0 atom stereocenters. The Balaban J connectivity index is 2.11. The summed E-state index contributed by atoms with van der Waals surface area (Å²) < 4.78 is 0. The van der Waals surface area contributed by atoms with Crippen LogP contribution in [0.4, 0.5) is 0 Å². The number of rotatable bonds is 4. The summed E-state index contributed by atoms with van der Waals surface area (Å²) in [6.07, 6.45) is 5.49. The van der Waals surface area contributed by atoms with E-state index in [1.807, 2.05) is 0 Å². The van der Waals surface area contributed by atoms with Gasteiger partial charge in [0.25, 0.3) is 0 Å². The van der Waals surface area contributed by atoms with Crippen LogP contribution in [0.25, 0.3) is 0 Å². The zero-order chi connectivity index (χ0) is 10.4. The third-order valence-electron chi connectivity index (χ3n) is 2.96. The Labute approximate surface area is 86.6 Å². The summed E-state index contributed by atoms with van der Waals surface area (Å²) >= 11 is 0. The van der Waals surface area contributed by atoms with Crippen molar-refractivity contribution in [2.75, 3.05) is 27.2 Å². The molecule has 0 radical (unpaired) electrons. The number of likely N-dealkylation sites (N-methyl/N-ethyl adjacent to an activating group) is 1. The standard InChI is InChI=1S/C10H22N4/c1-12-10(11)13-7-8-14(2)9-5-3-4-6-9/h9H,3-8H2,1-2H3,(H3,11,12,13). The zero-order valence-electron chi connectivity index (χ0n) is 9.29. The van der Waals surface area contributed by atoms with Gasteiger partial charge in [-0.15, -0.1) is 0 Å². The second-order valence-electron chi connectivity index (χ2n) is 3.95. The molecular weight excluding hydrogens is 176 g/mol. The van der Waals surface area contributed by atoms with Crippen molar-refractivity contribution in [3.63, 3.8) is 0 Å². The van der Waals surface area contributed by atoms with Crippen molar-refractivity contribution in [2.45, 2.75) is 31.7 Å². The van der Waals surface area contributed by atoms with Gasteiger partial charge in [-0.05, 0) is 19.9 Å². The average molecular weight is 198 g/mol. The largest absolute Gasteiger partial charge is 0.370 e. The van der Waals surface area contributed by atoms with E-state index < -0.39 is 0 Å². The molecule has 3 N–H and O–H groups in total. The molecule has 0 bridgehead atoms. The maximum absolute atomic E-state index is 5.53. The monoisotopic (exact) mass is 198 g/mol. The molecule has 0 aromatic heterocycles. The molecule has 14 heavy (non-hydrogen) atoms. The van der Waals surface area contributed by atoms with Crippen LogP contribution in [0.2, 0.25) is 0 Å². The molecule has 0 unspecified atom stereocenters. The molecule has 0 aromatic rings. The molecule has 0 amide bonds. The first-order chi connectivity index (χ1) is 6.74. The lowest BCUT2D eigenvalue weighted by molar-refractivity contribution is 0.249. The lowest BCUT2D eigenvalue weighted by Crippen LogP contribution is -2.40. The predicted octanol–water partition coefficient (Wildman–Crippen LogP) is 0.395. The van der Waals surface area contributed by atoms with Crippen molar-refractivity contribution in [1.29, 1.82) is 0 Å². The van der Waals surface area contributed by atoms with Crippen molar-refractivity contribution < 1.29 is 0 Å². The Morgan fingerprint density at radius 2 is 2.14 bits per heavy atom. The van der Waals surface area contributed by atoms with Crippen LogP contribution in [0.3, 0.4) is 0 Å². The summed E-state index contributed by atoms with van der Waals surface area (Å²) in [6, 6.07) is 0.789. The maximum atomic E-state index is 5.53. The fourth-order valence-electron chi connectivity index (χ4n) is 1.97. The molecule has 0 saturated heterocycles. The van der Waals surface area contributed by atoms with E-state index in [4.69, 9.17) is 5.73 Å². The molecule has 1 aliphatic rings. The quantitative estimate of drug-likeness (QED) is 0.508. The van der Waals surface area contributed by atoms with Crippen molar-refractivity contribution >= 4 is 5.96 Å². The van der Waals surface area contributed by atoms with Gasteiger partial charge >= 0.3 is 0 Å². The molecule has 1 aliphatic carbocycles. The summed E-state index contributed by atoms with van der Waals surface area (Å²) in [6.45, 7) is 1.93. The Morgan fingerprint density at radius 1 is 1.50 bits per heavy atom. The van der Waals surface area contributed by atoms with Crippen LogP contribution in [0.1, 0.15) is 25.7 Å². The molecule has 4 nitrogen and oxygen atoms in total. The van der Waals surface area contributed by atoms with E-state index in [-0.39, 0.29) is 0 Å².